The van der Waals surface area contributed by atoms with Crippen molar-refractivity contribution in [2.45, 2.75) is 18.9 Å². The van der Waals surface area contributed by atoms with Crippen LogP contribution in [0.25, 0.3) is 5.52 Å². The molecule has 6 heteroatoms. The van der Waals surface area contributed by atoms with Crippen LogP contribution >= 0.6 is 11.6 Å². The quantitative estimate of drug-likeness (QED) is 0.720. The van der Waals surface area contributed by atoms with Crippen LogP contribution in [0.2, 0.25) is 5.02 Å². The average molecular weight is 356 g/mol. The summed E-state index contributed by atoms with van der Waals surface area (Å²) in [6.45, 7) is 1.34. The first-order valence-corrected chi connectivity index (χ1v) is 8.73. The van der Waals surface area contributed by atoms with Gasteiger partial charge in [0.25, 0.3) is 5.91 Å². The van der Waals surface area contributed by atoms with Gasteiger partial charge >= 0.3 is 0 Å². The van der Waals surface area contributed by atoms with Crippen molar-refractivity contribution < 1.29 is 9.53 Å². The summed E-state index contributed by atoms with van der Waals surface area (Å²) in [6.07, 6.45) is 3.58. The molecule has 1 amide bonds. The zero-order chi connectivity index (χ0) is 17.2. The number of ether oxygens (including phenoxy) is 1. The predicted molar refractivity (Wildman–Crippen MR) is 96.2 cm³/mol. The zero-order valence-corrected chi connectivity index (χ0v) is 14.4. The molecule has 0 atom stereocenters. The van der Waals surface area contributed by atoms with Crippen molar-refractivity contribution in [1.82, 2.24) is 14.5 Å². The maximum Gasteiger partial charge on any atom is 0.274 e. The molecular weight excluding hydrogens is 338 g/mol. The Morgan fingerprint density at radius 1 is 1.12 bits per heavy atom. The number of carbonyl (C=O) groups is 1. The first kappa shape index (κ1) is 16.0. The van der Waals surface area contributed by atoms with Crippen molar-refractivity contribution in [3.8, 4) is 5.75 Å². The summed E-state index contributed by atoms with van der Waals surface area (Å²) >= 11 is 5.89. The molecule has 3 aromatic rings. The minimum Gasteiger partial charge on any atom is -0.490 e. The number of hydrogen-bond acceptors (Lipinski definition) is 3. The van der Waals surface area contributed by atoms with Gasteiger partial charge in [-0.05, 0) is 42.5 Å². The first-order chi connectivity index (χ1) is 12.2. The fourth-order valence-corrected chi connectivity index (χ4v) is 3.21. The topological polar surface area (TPSA) is 46.8 Å². The van der Waals surface area contributed by atoms with Gasteiger partial charge in [-0.25, -0.2) is 4.52 Å². The number of fused-ring (bicyclic) bond motifs is 1. The molecule has 0 aliphatic carbocycles. The Labute approximate surface area is 150 Å². The number of carbonyl (C=O) groups excluding carboxylic acids is 1. The predicted octanol–water partition coefficient (Wildman–Crippen LogP) is 3.67. The number of hydrogen-bond donors (Lipinski definition) is 0. The van der Waals surface area contributed by atoms with Crippen molar-refractivity contribution in [3.05, 3.63) is 65.4 Å². The number of piperidine rings is 1. The van der Waals surface area contributed by atoms with Crippen molar-refractivity contribution in [2.75, 3.05) is 13.1 Å². The van der Waals surface area contributed by atoms with Crippen molar-refractivity contribution in [3.63, 3.8) is 0 Å². The standard InChI is InChI=1S/C19H18ClN3O2/c20-14-4-6-16(7-5-14)25-17-8-11-22(12-9-17)19(24)18-13-15-3-1-2-10-23(15)21-18/h1-7,10,13,17H,8-9,11-12H2. The van der Waals surface area contributed by atoms with Crippen molar-refractivity contribution in [1.29, 1.82) is 0 Å². The first-order valence-electron chi connectivity index (χ1n) is 8.35. The van der Waals surface area contributed by atoms with Crippen LogP contribution in [0.15, 0.2) is 54.7 Å². The molecule has 1 aromatic carbocycles. The summed E-state index contributed by atoms with van der Waals surface area (Å²) in [5.41, 5.74) is 1.41. The Kier molecular flexibility index (Phi) is 4.32. The molecule has 3 heterocycles. The molecule has 5 nitrogen and oxygen atoms in total. The van der Waals surface area contributed by atoms with Crippen LogP contribution in [-0.4, -0.2) is 39.6 Å². The average Bonchev–Trinajstić information content (AvgIpc) is 3.08. The molecule has 1 saturated heterocycles. The number of rotatable bonds is 3. The van der Waals surface area contributed by atoms with Gasteiger partial charge in [0.05, 0.1) is 5.52 Å². The van der Waals surface area contributed by atoms with E-state index in [1.165, 1.54) is 0 Å². The lowest BCUT2D eigenvalue weighted by Crippen LogP contribution is -2.41. The summed E-state index contributed by atoms with van der Waals surface area (Å²) in [5, 5.41) is 5.06. The molecule has 2 aromatic heterocycles. The molecule has 0 bridgehead atoms. The van der Waals surface area contributed by atoms with Gasteiger partial charge in [0.1, 0.15) is 11.9 Å². The molecule has 25 heavy (non-hydrogen) atoms. The van der Waals surface area contributed by atoms with Crippen LogP contribution < -0.4 is 4.74 Å². The summed E-state index contributed by atoms with van der Waals surface area (Å²) in [7, 11) is 0. The Bertz CT molecular complexity index is 850. The van der Waals surface area contributed by atoms with Gasteiger partial charge in [-0.3, -0.25) is 4.79 Å². The molecule has 0 saturated carbocycles. The molecule has 0 unspecified atom stereocenters. The number of aromatic nitrogens is 2. The molecule has 1 fully saturated rings. The molecule has 128 valence electrons. The normalized spacial score (nSPS) is 15.5. The Morgan fingerprint density at radius 2 is 1.88 bits per heavy atom. The molecule has 0 N–H and O–H groups in total. The number of pyridine rings is 1. The second-order valence-electron chi connectivity index (χ2n) is 6.16. The smallest absolute Gasteiger partial charge is 0.274 e. The van der Waals surface area contributed by atoms with Crippen molar-refractivity contribution >= 4 is 23.0 Å². The van der Waals surface area contributed by atoms with Crippen LogP contribution in [0.4, 0.5) is 0 Å². The molecule has 0 spiro atoms. The summed E-state index contributed by atoms with van der Waals surface area (Å²) in [6, 6.07) is 15.0. The van der Waals surface area contributed by atoms with E-state index in [9.17, 15) is 4.79 Å². The molecule has 0 radical (unpaired) electrons. The van der Waals surface area contributed by atoms with E-state index in [-0.39, 0.29) is 12.0 Å². The van der Waals surface area contributed by atoms with E-state index in [1.807, 2.05) is 59.6 Å². The third-order valence-electron chi connectivity index (χ3n) is 4.43. The Morgan fingerprint density at radius 3 is 2.60 bits per heavy atom. The lowest BCUT2D eigenvalue weighted by molar-refractivity contribution is 0.0590. The molecule has 1 aliphatic heterocycles. The second-order valence-corrected chi connectivity index (χ2v) is 6.60. The van der Waals surface area contributed by atoms with Crippen LogP contribution in [0.3, 0.4) is 0 Å². The number of nitrogens with zero attached hydrogens (tertiary/aromatic N) is 3. The van der Waals surface area contributed by atoms with Crippen molar-refractivity contribution in [2.24, 2.45) is 0 Å². The van der Waals surface area contributed by atoms with Gasteiger partial charge in [-0.15, -0.1) is 0 Å². The third kappa shape index (κ3) is 3.46. The number of benzene rings is 1. The van der Waals surface area contributed by atoms with Crippen LogP contribution in [-0.2, 0) is 0 Å². The van der Waals surface area contributed by atoms with E-state index in [0.717, 1.165) is 24.1 Å². The van der Waals surface area contributed by atoms with Gasteiger partial charge in [0.2, 0.25) is 0 Å². The molecule has 4 rings (SSSR count). The van der Waals surface area contributed by atoms with Crippen LogP contribution in [0.1, 0.15) is 23.3 Å². The Balaban J connectivity index is 1.37. The van der Waals surface area contributed by atoms with Gasteiger partial charge < -0.3 is 9.64 Å². The zero-order valence-electron chi connectivity index (χ0n) is 13.6. The number of likely N-dealkylation sites (tertiary alicyclic amines) is 1. The third-order valence-corrected chi connectivity index (χ3v) is 4.69. The lowest BCUT2D eigenvalue weighted by atomic mass is 10.1. The molecule has 1 aliphatic rings. The number of halogens is 1. The fourth-order valence-electron chi connectivity index (χ4n) is 3.09. The molecular formula is C19H18ClN3O2. The largest absolute Gasteiger partial charge is 0.490 e. The summed E-state index contributed by atoms with van der Waals surface area (Å²) in [4.78, 5) is 14.5. The van der Waals surface area contributed by atoms with E-state index in [2.05, 4.69) is 5.10 Å². The lowest BCUT2D eigenvalue weighted by Gasteiger charge is -2.31. The van der Waals surface area contributed by atoms with Gasteiger partial charge in [-0.1, -0.05) is 17.7 Å². The maximum atomic E-state index is 12.7. The highest BCUT2D eigenvalue weighted by molar-refractivity contribution is 6.30. The minimum atomic E-state index is -0.0198. The summed E-state index contributed by atoms with van der Waals surface area (Å²) < 4.78 is 7.70. The number of amides is 1. The highest BCUT2D eigenvalue weighted by Crippen LogP contribution is 2.22. The summed E-state index contributed by atoms with van der Waals surface area (Å²) in [5.74, 6) is 0.795. The Hall–Kier alpha value is -2.53. The SMILES string of the molecule is O=C(c1cc2ccccn2n1)N1CCC(Oc2ccc(Cl)cc2)CC1. The van der Waals surface area contributed by atoms with Crippen LogP contribution in [0, 0.1) is 0 Å². The van der Waals surface area contributed by atoms with E-state index in [4.69, 9.17) is 16.3 Å². The highest BCUT2D eigenvalue weighted by Gasteiger charge is 2.26. The maximum absolute atomic E-state index is 12.7. The monoisotopic (exact) mass is 355 g/mol. The highest BCUT2D eigenvalue weighted by atomic mass is 35.5. The second kappa shape index (κ2) is 6.76. The van der Waals surface area contributed by atoms with Gasteiger partial charge in [0, 0.05) is 37.2 Å². The fraction of sp³-hybridized carbons (Fsp3) is 0.263. The van der Waals surface area contributed by atoms with E-state index < -0.39 is 0 Å². The van der Waals surface area contributed by atoms with E-state index in [0.29, 0.717) is 23.8 Å². The van der Waals surface area contributed by atoms with E-state index >= 15 is 0 Å². The van der Waals surface area contributed by atoms with Gasteiger partial charge in [0.15, 0.2) is 5.69 Å². The van der Waals surface area contributed by atoms with Gasteiger partial charge in [-0.2, -0.15) is 5.10 Å². The minimum absolute atomic E-state index is 0.0198. The van der Waals surface area contributed by atoms with E-state index in [1.54, 1.807) is 4.52 Å². The van der Waals surface area contributed by atoms with Crippen LogP contribution in [0.5, 0.6) is 5.75 Å².